The van der Waals surface area contributed by atoms with Gasteiger partial charge in [-0.25, -0.2) is 0 Å². The van der Waals surface area contributed by atoms with E-state index in [-0.39, 0.29) is 5.92 Å². The van der Waals surface area contributed by atoms with Gasteiger partial charge in [0.05, 0.1) is 24.8 Å². The summed E-state index contributed by atoms with van der Waals surface area (Å²) in [5.74, 6) is 0.836. The molecule has 0 fully saturated rings. The van der Waals surface area contributed by atoms with Gasteiger partial charge in [0.15, 0.2) is 0 Å². The molecule has 0 saturated heterocycles. The predicted octanol–water partition coefficient (Wildman–Crippen LogP) is 3.41. The molecule has 0 N–H and O–H groups in total. The summed E-state index contributed by atoms with van der Waals surface area (Å²) in [6, 6.07) is 16.2. The van der Waals surface area contributed by atoms with E-state index in [9.17, 15) is 5.26 Å². The Balaban J connectivity index is 2.02. The van der Waals surface area contributed by atoms with Crippen LogP contribution in [-0.2, 0) is 6.54 Å². The maximum atomic E-state index is 9.35. The van der Waals surface area contributed by atoms with Crippen LogP contribution in [-0.4, -0.2) is 18.0 Å². The van der Waals surface area contributed by atoms with Crippen LogP contribution in [0, 0.1) is 11.3 Å². The van der Waals surface area contributed by atoms with Crippen LogP contribution in [0.3, 0.4) is 0 Å². The van der Waals surface area contributed by atoms with E-state index in [2.05, 4.69) is 17.9 Å². The lowest BCUT2D eigenvalue weighted by Crippen LogP contribution is -2.27. The summed E-state index contributed by atoms with van der Waals surface area (Å²) in [6.45, 7) is 4.46. The third-order valence-electron chi connectivity index (χ3n) is 3.21. The van der Waals surface area contributed by atoms with Gasteiger partial charge in [0, 0.05) is 6.54 Å². The van der Waals surface area contributed by atoms with Crippen molar-refractivity contribution in [3.63, 3.8) is 0 Å². The van der Waals surface area contributed by atoms with E-state index >= 15 is 0 Å². The smallest absolute Gasteiger partial charge is 0.117 e. The summed E-state index contributed by atoms with van der Waals surface area (Å²) < 4.78 is 5.36. The van der Waals surface area contributed by atoms with E-state index in [4.69, 9.17) is 4.42 Å². The first-order chi connectivity index (χ1) is 9.33. The molecule has 0 aliphatic rings. The third kappa shape index (κ3) is 3.70. The molecule has 1 unspecified atom stereocenters. The molecule has 3 heteroatoms. The van der Waals surface area contributed by atoms with E-state index in [1.807, 2.05) is 42.5 Å². The lowest BCUT2D eigenvalue weighted by Gasteiger charge is -2.22. The molecule has 0 aliphatic carbocycles. The number of nitriles is 1. The molecule has 0 bridgehead atoms. The van der Waals surface area contributed by atoms with E-state index < -0.39 is 0 Å². The zero-order valence-corrected chi connectivity index (χ0v) is 11.1. The van der Waals surface area contributed by atoms with Crippen molar-refractivity contribution in [3.05, 3.63) is 60.1 Å². The molecule has 2 aromatic rings. The van der Waals surface area contributed by atoms with Crippen LogP contribution in [0.5, 0.6) is 0 Å². The highest BCUT2D eigenvalue weighted by Gasteiger charge is 2.15. The molecular formula is C16H18N2O. The number of likely N-dealkylation sites (N-methyl/N-ethyl adjacent to an activating group) is 1. The second-order valence-corrected chi connectivity index (χ2v) is 4.50. The summed E-state index contributed by atoms with van der Waals surface area (Å²) >= 11 is 0. The first kappa shape index (κ1) is 13.4. The maximum Gasteiger partial charge on any atom is 0.117 e. The predicted molar refractivity (Wildman–Crippen MR) is 74.5 cm³/mol. The molecule has 0 spiro atoms. The van der Waals surface area contributed by atoms with Crippen LogP contribution < -0.4 is 0 Å². The lowest BCUT2D eigenvalue weighted by molar-refractivity contribution is 0.251. The van der Waals surface area contributed by atoms with Crippen molar-refractivity contribution in [2.75, 3.05) is 13.1 Å². The van der Waals surface area contributed by atoms with Crippen LogP contribution in [0.25, 0.3) is 0 Å². The van der Waals surface area contributed by atoms with Gasteiger partial charge in [-0.3, -0.25) is 4.90 Å². The van der Waals surface area contributed by atoms with Crippen molar-refractivity contribution in [1.29, 1.82) is 5.26 Å². The second-order valence-electron chi connectivity index (χ2n) is 4.50. The van der Waals surface area contributed by atoms with Gasteiger partial charge in [-0.2, -0.15) is 5.26 Å². The minimum atomic E-state index is -0.101. The highest BCUT2D eigenvalue weighted by atomic mass is 16.3. The van der Waals surface area contributed by atoms with Crippen LogP contribution in [0.1, 0.15) is 24.2 Å². The Morgan fingerprint density at radius 2 is 2.00 bits per heavy atom. The first-order valence-electron chi connectivity index (χ1n) is 6.52. The van der Waals surface area contributed by atoms with Crippen LogP contribution in [0.4, 0.5) is 0 Å². The van der Waals surface area contributed by atoms with Gasteiger partial charge in [-0.05, 0) is 24.2 Å². The van der Waals surface area contributed by atoms with Crippen molar-refractivity contribution in [1.82, 2.24) is 4.90 Å². The Kier molecular flexibility index (Phi) is 4.77. The molecule has 98 valence electrons. The molecule has 1 heterocycles. The van der Waals surface area contributed by atoms with Gasteiger partial charge >= 0.3 is 0 Å². The minimum Gasteiger partial charge on any atom is -0.468 e. The van der Waals surface area contributed by atoms with Crippen molar-refractivity contribution < 1.29 is 4.42 Å². The normalized spacial score (nSPS) is 12.3. The van der Waals surface area contributed by atoms with Gasteiger partial charge in [0.2, 0.25) is 0 Å². The number of nitrogens with zero attached hydrogens (tertiary/aromatic N) is 2. The number of benzene rings is 1. The second kappa shape index (κ2) is 6.77. The van der Waals surface area contributed by atoms with E-state index in [0.717, 1.165) is 31.0 Å². The summed E-state index contributed by atoms with van der Waals surface area (Å²) in [4.78, 5) is 2.22. The van der Waals surface area contributed by atoms with Crippen molar-refractivity contribution in [2.24, 2.45) is 0 Å². The average molecular weight is 254 g/mol. The zero-order chi connectivity index (χ0) is 13.5. The number of hydrogen-bond donors (Lipinski definition) is 0. The van der Waals surface area contributed by atoms with Gasteiger partial charge in [0.25, 0.3) is 0 Å². The molecule has 1 atom stereocenters. The Morgan fingerprint density at radius 3 is 2.58 bits per heavy atom. The Bertz CT molecular complexity index is 513. The Hall–Kier alpha value is -2.05. The number of rotatable bonds is 6. The topological polar surface area (TPSA) is 40.2 Å². The highest BCUT2D eigenvalue weighted by Crippen LogP contribution is 2.17. The monoisotopic (exact) mass is 254 g/mol. The van der Waals surface area contributed by atoms with E-state index in [0.29, 0.717) is 0 Å². The highest BCUT2D eigenvalue weighted by molar-refractivity contribution is 5.25. The molecule has 0 radical (unpaired) electrons. The first-order valence-corrected chi connectivity index (χ1v) is 6.52. The summed E-state index contributed by atoms with van der Waals surface area (Å²) in [6.07, 6.45) is 1.68. The van der Waals surface area contributed by atoms with Gasteiger partial charge in [0.1, 0.15) is 5.76 Å². The number of furan rings is 1. The van der Waals surface area contributed by atoms with Crippen molar-refractivity contribution >= 4 is 0 Å². The standard InChI is InChI=1S/C16H18N2O/c1-2-18(13-16-9-6-10-19-16)12-15(11-17)14-7-4-3-5-8-14/h3-10,15H,2,12-13H2,1H3. The molecule has 1 aromatic carbocycles. The Labute approximate surface area is 114 Å². The van der Waals surface area contributed by atoms with Gasteiger partial charge in [-0.15, -0.1) is 0 Å². The van der Waals surface area contributed by atoms with E-state index in [1.165, 1.54) is 0 Å². The van der Waals surface area contributed by atoms with E-state index in [1.54, 1.807) is 6.26 Å². The lowest BCUT2D eigenvalue weighted by atomic mass is 10.00. The Morgan fingerprint density at radius 1 is 1.21 bits per heavy atom. The molecule has 2 rings (SSSR count). The molecule has 0 amide bonds. The fraction of sp³-hybridized carbons (Fsp3) is 0.312. The zero-order valence-electron chi connectivity index (χ0n) is 11.1. The summed E-state index contributed by atoms with van der Waals surface area (Å²) in [5, 5.41) is 9.35. The fourth-order valence-electron chi connectivity index (χ4n) is 2.09. The third-order valence-corrected chi connectivity index (χ3v) is 3.21. The van der Waals surface area contributed by atoms with Gasteiger partial charge < -0.3 is 4.42 Å². The molecule has 0 saturated carbocycles. The van der Waals surface area contributed by atoms with Crippen LogP contribution in [0.2, 0.25) is 0 Å². The molecular weight excluding hydrogens is 236 g/mol. The quantitative estimate of drug-likeness (QED) is 0.793. The van der Waals surface area contributed by atoms with Crippen molar-refractivity contribution in [3.8, 4) is 6.07 Å². The largest absolute Gasteiger partial charge is 0.468 e. The van der Waals surface area contributed by atoms with Crippen molar-refractivity contribution in [2.45, 2.75) is 19.4 Å². The fourth-order valence-corrected chi connectivity index (χ4v) is 2.09. The summed E-state index contributed by atoms with van der Waals surface area (Å²) in [7, 11) is 0. The maximum absolute atomic E-state index is 9.35. The molecule has 0 aliphatic heterocycles. The molecule has 19 heavy (non-hydrogen) atoms. The summed E-state index contributed by atoms with van der Waals surface area (Å²) in [5.41, 5.74) is 1.07. The minimum absolute atomic E-state index is 0.101. The average Bonchev–Trinajstić information content (AvgIpc) is 2.97. The SMILES string of the molecule is CCN(Cc1ccco1)CC(C#N)c1ccccc1. The van der Waals surface area contributed by atoms with Crippen LogP contribution >= 0.6 is 0 Å². The number of hydrogen-bond acceptors (Lipinski definition) is 3. The molecule has 3 nitrogen and oxygen atoms in total. The molecule has 1 aromatic heterocycles. The van der Waals surface area contributed by atoms with Gasteiger partial charge in [-0.1, -0.05) is 37.3 Å². The van der Waals surface area contributed by atoms with Crippen LogP contribution in [0.15, 0.2) is 53.1 Å².